The van der Waals surface area contributed by atoms with E-state index in [0.717, 1.165) is 29.8 Å². The van der Waals surface area contributed by atoms with E-state index in [0.29, 0.717) is 16.8 Å². The first-order chi connectivity index (χ1) is 17.9. The standard InChI is InChI=1S/C28H27F4N3O3/c1-16-11-24-27(25(36)9-10-28(3,33)15-38-18-7-8-22(31)23(32)13-18)17(2)34-35(24)26(12-16)37-14-19-20(29)5-4-6-21(19)30/h4-8,11-13H,9-10,14-15,33H2,1-3H3. The van der Waals surface area contributed by atoms with E-state index in [1.165, 1.54) is 16.6 Å². The van der Waals surface area contributed by atoms with Gasteiger partial charge >= 0.3 is 0 Å². The zero-order valence-electron chi connectivity index (χ0n) is 21.2. The number of ketones is 1. The van der Waals surface area contributed by atoms with Gasteiger partial charge in [-0.2, -0.15) is 5.10 Å². The molecule has 0 radical (unpaired) electrons. The number of pyridine rings is 1. The lowest BCUT2D eigenvalue weighted by Gasteiger charge is -2.24. The fraction of sp³-hybridized carbons (Fsp3) is 0.286. The highest BCUT2D eigenvalue weighted by Crippen LogP contribution is 2.27. The Morgan fingerprint density at radius 2 is 1.68 bits per heavy atom. The first kappa shape index (κ1) is 27.1. The van der Waals surface area contributed by atoms with Gasteiger partial charge in [0.25, 0.3) is 0 Å². The largest absolute Gasteiger partial charge is 0.492 e. The third-order valence-corrected chi connectivity index (χ3v) is 6.11. The van der Waals surface area contributed by atoms with Crippen molar-refractivity contribution in [2.75, 3.05) is 6.61 Å². The maximum Gasteiger partial charge on any atom is 0.215 e. The van der Waals surface area contributed by atoms with Crippen molar-refractivity contribution in [1.29, 1.82) is 0 Å². The molecule has 0 aliphatic heterocycles. The summed E-state index contributed by atoms with van der Waals surface area (Å²) in [5.74, 6) is -3.31. The van der Waals surface area contributed by atoms with Gasteiger partial charge in [-0.3, -0.25) is 4.79 Å². The summed E-state index contributed by atoms with van der Waals surface area (Å²) in [5, 5.41) is 4.43. The normalized spacial score (nSPS) is 12.9. The predicted molar refractivity (Wildman–Crippen MR) is 133 cm³/mol. The first-order valence-electron chi connectivity index (χ1n) is 11.9. The first-order valence-corrected chi connectivity index (χ1v) is 11.9. The van der Waals surface area contributed by atoms with Gasteiger partial charge in [0.15, 0.2) is 17.4 Å². The summed E-state index contributed by atoms with van der Waals surface area (Å²) in [6, 6.07) is 10.2. The van der Waals surface area contributed by atoms with Crippen molar-refractivity contribution in [1.82, 2.24) is 9.61 Å². The highest BCUT2D eigenvalue weighted by atomic mass is 19.2. The summed E-state index contributed by atoms with van der Waals surface area (Å²) in [6.07, 6.45) is 0.314. The molecule has 0 spiro atoms. The average Bonchev–Trinajstić information content (AvgIpc) is 3.18. The minimum absolute atomic E-state index is 0.0250. The number of hydrogen-bond acceptors (Lipinski definition) is 5. The molecule has 10 heteroatoms. The topological polar surface area (TPSA) is 78.9 Å². The van der Waals surface area contributed by atoms with Crippen LogP contribution in [0.3, 0.4) is 0 Å². The lowest BCUT2D eigenvalue weighted by Crippen LogP contribution is -2.42. The summed E-state index contributed by atoms with van der Waals surface area (Å²) >= 11 is 0. The highest BCUT2D eigenvalue weighted by Gasteiger charge is 2.25. The van der Waals surface area contributed by atoms with Crippen molar-refractivity contribution in [3.63, 3.8) is 0 Å². The van der Waals surface area contributed by atoms with E-state index < -0.39 is 28.8 Å². The highest BCUT2D eigenvalue weighted by molar-refractivity contribution is 6.03. The van der Waals surface area contributed by atoms with Crippen molar-refractivity contribution in [3.8, 4) is 11.6 Å². The summed E-state index contributed by atoms with van der Waals surface area (Å²) in [6.45, 7) is 4.80. The maximum atomic E-state index is 14.0. The molecular weight excluding hydrogens is 502 g/mol. The molecule has 0 amide bonds. The third-order valence-electron chi connectivity index (χ3n) is 6.11. The van der Waals surface area contributed by atoms with Crippen LogP contribution in [0.25, 0.3) is 5.52 Å². The molecular formula is C28H27F4N3O3. The van der Waals surface area contributed by atoms with Crippen LogP contribution in [0.2, 0.25) is 0 Å². The molecule has 2 aromatic carbocycles. The van der Waals surface area contributed by atoms with Gasteiger partial charge in [-0.1, -0.05) is 6.07 Å². The number of fused-ring (bicyclic) bond motifs is 1. The second-order valence-electron chi connectivity index (χ2n) is 9.56. The lowest BCUT2D eigenvalue weighted by molar-refractivity contribution is 0.0965. The number of aryl methyl sites for hydroxylation is 2. The molecule has 0 saturated heterocycles. The molecule has 0 bridgehead atoms. The summed E-state index contributed by atoms with van der Waals surface area (Å²) in [5.41, 5.74) is 7.25. The van der Waals surface area contributed by atoms with Crippen LogP contribution in [0.1, 0.15) is 46.9 Å². The molecule has 4 aromatic rings. The van der Waals surface area contributed by atoms with Gasteiger partial charge in [-0.05, 0) is 63.1 Å². The molecule has 1 atom stereocenters. The van der Waals surface area contributed by atoms with Crippen LogP contribution in [0.4, 0.5) is 17.6 Å². The van der Waals surface area contributed by atoms with Crippen LogP contribution in [0.5, 0.6) is 11.6 Å². The number of halogens is 4. The van der Waals surface area contributed by atoms with Crippen LogP contribution < -0.4 is 15.2 Å². The zero-order chi connectivity index (χ0) is 27.6. The number of carbonyl (C=O) groups is 1. The van der Waals surface area contributed by atoms with E-state index in [9.17, 15) is 22.4 Å². The summed E-state index contributed by atoms with van der Waals surface area (Å²) in [4.78, 5) is 13.3. The Balaban J connectivity index is 1.48. The molecule has 2 N–H and O–H groups in total. The molecule has 38 heavy (non-hydrogen) atoms. The molecule has 2 aromatic heterocycles. The fourth-order valence-corrected chi connectivity index (χ4v) is 4.03. The Hall–Kier alpha value is -3.92. The second-order valence-corrected chi connectivity index (χ2v) is 9.56. The van der Waals surface area contributed by atoms with Crippen LogP contribution in [-0.2, 0) is 6.61 Å². The predicted octanol–water partition coefficient (Wildman–Crippen LogP) is 5.85. The quantitative estimate of drug-likeness (QED) is 0.206. The molecule has 0 fully saturated rings. The molecule has 6 nitrogen and oxygen atoms in total. The molecule has 0 saturated carbocycles. The number of Topliss-reactive ketones (excluding diaryl/α,β-unsaturated/α-hetero) is 1. The molecule has 0 aliphatic rings. The molecule has 2 heterocycles. The van der Waals surface area contributed by atoms with Gasteiger partial charge < -0.3 is 15.2 Å². The number of aromatic nitrogens is 2. The van der Waals surface area contributed by atoms with E-state index in [-0.39, 0.29) is 49.0 Å². The van der Waals surface area contributed by atoms with Crippen LogP contribution >= 0.6 is 0 Å². The van der Waals surface area contributed by atoms with Crippen LogP contribution in [0.15, 0.2) is 48.5 Å². The Morgan fingerprint density at radius 1 is 0.974 bits per heavy atom. The number of ether oxygens (including phenoxy) is 2. The Labute approximate surface area is 217 Å². The maximum absolute atomic E-state index is 14.0. The van der Waals surface area contributed by atoms with Crippen molar-refractivity contribution >= 4 is 11.3 Å². The van der Waals surface area contributed by atoms with Crippen LogP contribution in [-0.4, -0.2) is 27.5 Å². The van der Waals surface area contributed by atoms with Gasteiger partial charge in [0.1, 0.15) is 30.6 Å². The van der Waals surface area contributed by atoms with E-state index >= 15 is 0 Å². The van der Waals surface area contributed by atoms with Gasteiger partial charge in [0.2, 0.25) is 5.88 Å². The smallest absolute Gasteiger partial charge is 0.215 e. The molecule has 1 unspecified atom stereocenters. The SMILES string of the molecule is Cc1cc(OCc2c(F)cccc2F)n2nc(C)c(C(=O)CCC(C)(N)COc3ccc(F)c(F)c3)c2c1. The fourth-order valence-electron chi connectivity index (χ4n) is 4.03. The number of carbonyl (C=O) groups excluding carboxylic acids is 1. The van der Waals surface area contributed by atoms with Crippen molar-refractivity contribution in [2.45, 2.75) is 45.8 Å². The van der Waals surface area contributed by atoms with E-state index in [1.807, 2.05) is 0 Å². The van der Waals surface area contributed by atoms with Gasteiger partial charge in [-0.15, -0.1) is 0 Å². The van der Waals surface area contributed by atoms with Gasteiger partial charge in [-0.25, -0.2) is 22.1 Å². The summed E-state index contributed by atoms with van der Waals surface area (Å²) < 4.78 is 67.3. The van der Waals surface area contributed by atoms with Crippen molar-refractivity contribution in [3.05, 3.63) is 94.2 Å². The minimum Gasteiger partial charge on any atom is -0.492 e. The van der Waals surface area contributed by atoms with Gasteiger partial charge in [0, 0.05) is 24.1 Å². The second kappa shape index (κ2) is 10.8. The minimum atomic E-state index is -1.03. The Kier molecular flexibility index (Phi) is 7.73. The number of rotatable bonds is 10. The number of hydrogen-bond donors (Lipinski definition) is 1. The molecule has 200 valence electrons. The Morgan fingerprint density at radius 3 is 2.37 bits per heavy atom. The zero-order valence-corrected chi connectivity index (χ0v) is 21.2. The van der Waals surface area contributed by atoms with Crippen molar-refractivity contribution < 1.29 is 31.8 Å². The van der Waals surface area contributed by atoms with E-state index in [2.05, 4.69) is 5.10 Å². The summed E-state index contributed by atoms with van der Waals surface area (Å²) in [7, 11) is 0. The van der Waals surface area contributed by atoms with E-state index in [4.69, 9.17) is 15.2 Å². The van der Waals surface area contributed by atoms with E-state index in [1.54, 1.807) is 32.9 Å². The Bertz CT molecular complexity index is 1480. The number of benzene rings is 2. The molecule has 4 rings (SSSR count). The number of nitrogens with zero attached hydrogens (tertiary/aromatic N) is 2. The number of nitrogens with two attached hydrogens (primary N) is 1. The molecule has 0 aliphatic carbocycles. The third kappa shape index (κ3) is 5.96. The monoisotopic (exact) mass is 529 g/mol. The lowest BCUT2D eigenvalue weighted by atomic mass is 9.94. The average molecular weight is 530 g/mol. The van der Waals surface area contributed by atoms with Gasteiger partial charge in [0.05, 0.1) is 22.3 Å². The van der Waals surface area contributed by atoms with Crippen LogP contribution in [0, 0.1) is 37.1 Å². The van der Waals surface area contributed by atoms with Crippen molar-refractivity contribution in [2.24, 2.45) is 5.73 Å².